The molecule has 1 nitrogen and oxygen atoms in total. The molecule has 0 aliphatic heterocycles. The van der Waals surface area contributed by atoms with Gasteiger partial charge in [0.1, 0.15) is 5.82 Å². The number of hydrogen-bond acceptors (Lipinski definition) is 1. The summed E-state index contributed by atoms with van der Waals surface area (Å²) in [6, 6.07) is 4.80. The van der Waals surface area contributed by atoms with Crippen LogP contribution < -0.4 is 5.73 Å². The molecule has 1 aromatic rings. The van der Waals surface area contributed by atoms with Gasteiger partial charge in [0.2, 0.25) is 0 Å². The van der Waals surface area contributed by atoms with Crippen LogP contribution in [0.25, 0.3) is 0 Å². The van der Waals surface area contributed by atoms with Crippen molar-refractivity contribution in [1.82, 2.24) is 0 Å². The summed E-state index contributed by atoms with van der Waals surface area (Å²) in [5.74, 6) is -0.253. The van der Waals surface area contributed by atoms with Gasteiger partial charge in [-0.1, -0.05) is 22.0 Å². The smallest absolute Gasteiger partial charge is 0.128 e. The molecule has 0 aliphatic carbocycles. The van der Waals surface area contributed by atoms with Gasteiger partial charge < -0.3 is 5.73 Å². The lowest BCUT2D eigenvalue weighted by Gasteiger charge is -2.00. The molecule has 0 unspecified atom stereocenters. The summed E-state index contributed by atoms with van der Waals surface area (Å²) < 4.78 is 13.5. The van der Waals surface area contributed by atoms with Crippen molar-refractivity contribution in [2.45, 2.75) is 6.54 Å². The van der Waals surface area contributed by atoms with Gasteiger partial charge in [-0.25, -0.2) is 4.39 Å². The van der Waals surface area contributed by atoms with Gasteiger partial charge in [0, 0.05) is 16.6 Å². The summed E-state index contributed by atoms with van der Waals surface area (Å²) >= 11 is 3.19. The van der Waals surface area contributed by atoms with E-state index in [1.165, 1.54) is 6.07 Å². The van der Waals surface area contributed by atoms with E-state index < -0.39 is 0 Å². The molecule has 0 aromatic heterocycles. The van der Waals surface area contributed by atoms with Crippen molar-refractivity contribution >= 4 is 15.9 Å². The normalized spacial score (nSPS) is 9.90. The van der Waals surface area contributed by atoms with Crippen LogP contribution in [0.2, 0.25) is 0 Å². The van der Waals surface area contributed by atoms with Gasteiger partial charge in [-0.3, -0.25) is 0 Å². The Labute approximate surface area is 67.2 Å². The molecule has 54 valence electrons. The fourth-order valence-corrected chi connectivity index (χ4v) is 1.23. The molecule has 1 rings (SSSR count). The summed E-state index contributed by atoms with van der Waals surface area (Å²) in [5.41, 5.74) is 5.81. The van der Waals surface area contributed by atoms with Crippen molar-refractivity contribution in [2.75, 3.05) is 0 Å². The van der Waals surface area contributed by atoms with E-state index in [1.807, 2.05) is 0 Å². The van der Waals surface area contributed by atoms with Crippen LogP contribution in [0.1, 0.15) is 5.56 Å². The third-order valence-electron chi connectivity index (χ3n) is 1.27. The lowest BCUT2D eigenvalue weighted by molar-refractivity contribution is 0.609. The fraction of sp³-hybridized carbons (Fsp3) is 0.143. The Morgan fingerprint density at radius 3 is 2.60 bits per heavy atom. The zero-order valence-electron chi connectivity index (χ0n) is 5.27. The van der Waals surface area contributed by atoms with E-state index in [9.17, 15) is 4.39 Å². The minimum Gasteiger partial charge on any atom is -0.326 e. The van der Waals surface area contributed by atoms with Crippen molar-refractivity contribution in [1.29, 1.82) is 0 Å². The highest BCUT2D eigenvalue weighted by Crippen LogP contribution is 2.18. The second-order valence-electron chi connectivity index (χ2n) is 1.90. The first-order valence-corrected chi connectivity index (χ1v) is 3.68. The Hall–Kier alpha value is -0.410. The predicted octanol–water partition coefficient (Wildman–Crippen LogP) is 2.05. The van der Waals surface area contributed by atoms with Gasteiger partial charge in [-0.2, -0.15) is 0 Å². The first-order valence-electron chi connectivity index (χ1n) is 2.88. The van der Waals surface area contributed by atoms with Crippen molar-refractivity contribution < 1.29 is 4.39 Å². The maximum atomic E-state index is 12.7. The second-order valence-corrected chi connectivity index (χ2v) is 2.76. The second kappa shape index (κ2) is 3.12. The summed E-state index contributed by atoms with van der Waals surface area (Å²) in [4.78, 5) is 0. The highest BCUT2D eigenvalue weighted by molar-refractivity contribution is 9.10. The maximum absolute atomic E-state index is 12.7. The number of nitrogens with two attached hydrogens (primary N) is 1. The average molecular weight is 204 g/mol. The van der Waals surface area contributed by atoms with Crippen molar-refractivity contribution in [2.24, 2.45) is 5.73 Å². The Balaban J connectivity index is 3.17. The molecule has 1 aromatic carbocycles. The minimum atomic E-state index is -0.253. The zero-order valence-corrected chi connectivity index (χ0v) is 6.86. The maximum Gasteiger partial charge on any atom is 0.128 e. The first-order chi connectivity index (χ1) is 4.75. The molecule has 0 fully saturated rings. The van der Waals surface area contributed by atoms with Gasteiger partial charge in [0.15, 0.2) is 0 Å². The van der Waals surface area contributed by atoms with Crippen LogP contribution in [0.3, 0.4) is 0 Å². The van der Waals surface area contributed by atoms with Gasteiger partial charge in [0.05, 0.1) is 0 Å². The van der Waals surface area contributed by atoms with E-state index in [-0.39, 0.29) is 12.4 Å². The molecule has 0 radical (unpaired) electrons. The van der Waals surface area contributed by atoms with E-state index in [0.29, 0.717) is 5.56 Å². The molecular formula is C7H7BrFN. The summed E-state index contributed by atoms with van der Waals surface area (Å²) in [6.07, 6.45) is 0. The molecule has 3 heteroatoms. The van der Waals surface area contributed by atoms with Crippen molar-refractivity contribution in [3.05, 3.63) is 34.1 Å². The summed E-state index contributed by atoms with van der Waals surface area (Å²) in [6.45, 7) is 0.229. The number of hydrogen-bond donors (Lipinski definition) is 1. The van der Waals surface area contributed by atoms with Crippen LogP contribution in [0.15, 0.2) is 22.7 Å². The average Bonchev–Trinajstić information content (AvgIpc) is 1.88. The quantitative estimate of drug-likeness (QED) is 0.744. The van der Waals surface area contributed by atoms with E-state index in [1.54, 1.807) is 12.1 Å². The highest BCUT2D eigenvalue weighted by atomic mass is 79.9. The highest BCUT2D eigenvalue weighted by Gasteiger charge is 2.01. The Kier molecular flexibility index (Phi) is 2.40. The topological polar surface area (TPSA) is 26.0 Å². The van der Waals surface area contributed by atoms with Crippen LogP contribution in [0, 0.1) is 5.82 Å². The molecule has 0 saturated carbocycles. The van der Waals surface area contributed by atoms with Crippen LogP contribution >= 0.6 is 15.9 Å². The van der Waals surface area contributed by atoms with Crippen LogP contribution in [-0.2, 0) is 6.54 Å². The molecule has 10 heavy (non-hydrogen) atoms. The number of rotatable bonds is 1. The molecule has 0 spiro atoms. The summed E-state index contributed by atoms with van der Waals surface area (Å²) in [7, 11) is 0. The van der Waals surface area contributed by atoms with E-state index in [0.717, 1.165) is 4.47 Å². The first kappa shape index (κ1) is 7.69. The SMILES string of the molecule is NCc1c(F)cccc1Br. The molecule has 0 amide bonds. The van der Waals surface area contributed by atoms with E-state index >= 15 is 0 Å². The van der Waals surface area contributed by atoms with Crippen LogP contribution in [-0.4, -0.2) is 0 Å². The summed E-state index contributed by atoms with van der Waals surface area (Å²) in [5, 5.41) is 0. The molecule has 0 saturated heterocycles. The standard InChI is InChI=1S/C7H7BrFN/c8-6-2-1-3-7(9)5(6)4-10/h1-3H,4,10H2. The largest absolute Gasteiger partial charge is 0.326 e. The van der Waals surface area contributed by atoms with Gasteiger partial charge in [0.25, 0.3) is 0 Å². The van der Waals surface area contributed by atoms with Crippen molar-refractivity contribution in [3.63, 3.8) is 0 Å². The molecule has 0 heterocycles. The molecule has 0 aliphatic rings. The Bertz CT molecular complexity index is 217. The molecule has 0 bridgehead atoms. The Morgan fingerprint density at radius 2 is 2.20 bits per heavy atom. The number of halogens is 2. The fourth-order valence-electron chi connectivity index (χ4n) is 0.727. The molecule has 2 N–H and O–H groups in total. The van der Waals surface area contributed by atoms with Crippen LogP contribution in [0.4, 0.5) is 4.39 Å². The Morgan fingerprint density at radius 1 is 1.50 bits per heavy atom. The lowest BCUT2D eigenvalue weighted by atomic mass is 10.2. The molecule has 0 atom stereocenters. The van der Waals surface area contributed by atoms with Crippen molar-refractivity contribution in [3.8, 4) is 0 Å². The number of benzene rings is 1. The third kappa shape index (κ3) is 1.36. The third-order valence-corrected chi connectivity index (χ3v) is 2.01. The monoisotopic (exact) mass is 203 g/mol. The van der Waals surface area contributed by atoms with Gasteiger partial charge in [-0.15, -0.1) is 0 Å². The van der Waals surface area contributed by atoms with E-state index in [4.69, 9.17) is 5.73 Å². The van der Waals surface area contributed by atoms with E-state index in [2.05, 4.69) is 15.9 Å². The van der Waals surface area contributed by atoms with Gasteiger partial charge >= 0.3 is 0 Å². The van der Waals surface area contributed by atoms with Crippen LogP contribution in [0.5, 0.6) is 0 Å². The lowest BCUT2D eigenvalue weighted by Crippen LogP contribution is -2.00. The zero-order chi connectivity index (χ0) is 7.56. The minimum absolute atomic E-state index is 0.229. The van der Waals surface area contributed by atoms with Gasteiger partial charge in [-0.05, 0) is 12.1 Å². The molecular weight excluding hydrogens is 197 g/mol. The predicted molar refractivity (Wildman–Crippen MR) is 42.0 cm³/mol.